The molecule has 5 rings (SSSR count). The lowest BCUT2D eigenvalue weighted by atomic mass is 10.1. The molecule has 0 saturated heterocycles. The Labute approximate surface area is 196 Å². The summed E-state index contributed by atoms with van der Waals surface area (Å²) in [6, 6.07) is 13.6. The summed E-state index contributed by atoms with van der Waals surface area (Å²) in [5.41, 5.74) is 4.38. The van der Waals surface area contributed by atoms with Gasteiger partial charge < -0.3 is 9.47 Å². The first-order valence-electron chi connectivity index (χ1n) is 11.0. The second kappa shape index (κ2) is 7.92. The van der Waals surface area contributed by atoms with Crippen molar-refractivity contribution in [2.75, 3.05) is 11.4 Å². The van der Waals surface area contributed by atoms with Crippen LogP contribution in [-0.2, 0) is 20.1 Å². The van der Waals surface area contributed by atoms with Gasteiger partial charge in [-0.25, -0.2) is 4.79 Å². The molecule has 1 unspecified atom stereocenters. The van der Waals surface area contributed by atoms with Crippen LogP contribution in [0.2, 0.25) is 5.02 Å². The number of hydrogen-bond acceptors (Lipinski definition) is 4. The second-order valence-electron chi connectivity index (χ2n) is 9.12. The zero-order chi connectivity index (χ0) is 23.4. The number of benzene rings is 2. The maximum atomic E-state index is 13.6. The average molecular weight is 464 g/mol. The molecule has 0 aliphatic carbocycles. The van der Waals surface area contributed by atoms with Crippen molar-refractivity contribution in [1.82, 2.24) is 18.7 Å². The predicted octanol–water partition coefficient (Wildman–Crippen LogP) is 4.00. The van der Waals surface area contributed by atoms with Gasteiger partial charge in [0.05, 0.1) is 6.54 Å². The number of rotatable bonds is 3. The van der Waals surface area contributed by atoms with Crippen molar-refractivity contribution < 1.29 is 0 Å². The van der Waals surface area contributed by atoms with E-state index in [1.54, 1.807) is 19.2 Å². The highest BCUT2D eigenvalue weighted by Crippen LogP contribution is 2.33. The molecule has 33 heavy (non-hydrogen) atoms. The van der Waals surface area contributed by atoms with Crippen molar-refractivity contribution in [3.63, 3.8) is 0 Å². The summed E-state index contributed by atoms with van der Waals surface area (Å²) in [7, 11) is 1.67. The van der Waals surface area contributed by atoms with Crippen LogP contribution in [0.4, 0.5) is 11.6 Å². The molecule has 4 aromatic rings. The third-order valence-corrected chi connectivity index (χ3v) is 6.47. The Morgan fingerprint density at radius 3 is 2.36 bits per heavy atom. The van der Waals surface area contributed by atoms with E-state index in [0.717, 1.165) is 17.8 Å². The zero-order valence-corrected chi connectivity index (χ0v) is 19.9. The molecule has 1 aliphatic heterocycles. The quantitative estimate of drug-likeness (QED) is 0.460. The maximum absolute atomic E-state index is 13.6. The fraction of sp³-hybridized carbons (Fsp3) is 0.320. The number of imidazole rings is 1. The SMILES string of the molecule is Cc1cc(C)cc(N2CC(C)Cn3c2nc2c3c(=O)n(Cc3ccc(Cl)cc3)c(=O)n2C)c1. The first-order valence-corrected chi connectivity index (χ1v) is 11.4. The number of anilines is 2. The van der Waals surface area contributed by atoms with Gasteiger partial charge >= 0.3 is 5.69 Å². The first kappa shape index (κ1) is 21.5. The number of aromatic nitrogens is 4. The van der Waals surface area contributed by atoms with Crippen LogP contribution in [0.25, 0.3) is 11.2 Å². The fourth-order valence-corrected chi connectivity index (χ4v) is 4.87. The molecule has 0 saturated carbocycles. The van der Waals surface area contributed by atoms with Crippen molar-refractivity contribution in [3.8, 4) is 0 Å². The summed E-state index contributed by atoms with van der Waals surface area (Å²) in [5, 5.41) is 0.611. The Kier molecular flexibility index (Phi) is 5.16. The molecule has 0 N–H and O–H groups in total. The summed E-state index contributed by atoms with van der Waals surface area (Å²) in [5.74, 6) is 1.00. The van der Waals surface area contributed by atoms with Crippen LogP contribution in [0.15, 0.2) is 52.1 Å². The molecule has 0 bridgehead atoms. The molecule has 170 valence electrons. The number of halogens is 1. The van der Waals surface area contributed by atoms with Gasteiger partial charge in [0.2, 0.25) is 5.95 Å². The van der Waals surface area contributed by atoms with Crippen molar-refractivity contribution >= 4 is 34.4 Å². The lowest BCUT2D eigenvalue weighted by Gasteiger charge is -2.33. The fourth-order valence-electron chi connectivity index (χ4n) is 4.74. The zero-order valence-electron chi connectivity index (χ0n) is 19.2. The smallest absolute Gasteiger partial charge is 0.312 e. The lowest BCUT2D eigenvalue weighted by Crippen LogP contribution is -2.40. The van der Waals surface area contributed by atoms with Crippen LogP contribution in [0, 0.1) is 19.8 Å². The van der Waals surface area contributed by atoms with Gasteiger partial charge in [-0.1, -0.05) is 36.7 Å². The maximum Gasteiger partial charge on any atom is 0.332 e. The molecule has 2 aromatic heterocycles. The van der Waals surface area contributed by atoms with Gasteiger partial charge in [-0.3, -0.25) is 13.9 Å². The first-order chi connectivity index (χ1) is 15.7. The monoisotopic (exact) mass is 463 g/mol. The molecule has 0 fully saturated rings. The van der Waals surface area contributed by atoms with Gasteiger partial charge in [-0.2, -0.15) is 4.98 Å². The third-order valence-electron chi connectivity index (χ3n) is 6.21. The van der Waals surface area contributed by atoms with E-state index in [2.05, 4.69) is 43.9 Å². The standard InChI is InChI=1S/C25H26ClN5O2/c1-15-9-16(2)11-20(10-15)29-12-17(3)13-30-21-22(27-24(29)30)28(4)25(33)31(23(21)32)14-18-5-7-19(26)8-6-18/h5-11,17H,12-14H2,1-4H3. The van der Waals surface area contributed by atoms with Gasteiger partial charge in [-0.15, -0.1) is 0 Å². The Morgan fingerprint density at radius 2 is 1.70 bits per heavy atom. The van der Waals surface area contributed by atoms with E-state index < -0.39 is 0 Å². The minimum atomic E-state index is -0.385. The van der Waals surface area contributed by atoms with E-state index in [4.69, 9.17) is 16.6 Å². The molecule has 2 aromatic carbocycles. The van der Waals surface area contributed by atoms with Crippen LogP contribution in [0.5, 0.6) is 0 Å². The largest absolute Gasteiger partial charge is 0.332 e. The topological polar surface area (TPSA) is 65.1 Å². The Morgan fingerprint density at radius 1 is 1.03 bits per heavy atom. The Balaban J connectivity index is 1.72. The number of nitrogens with zero attached hydrogens (tertiary/aromatic N) is 5. The average Bonchev–Trinajstić information content (AvgIpc) is 3.15. The third kappa shape index (κ3) is 3.66. The molecular formula is C25H26ClN5O2. The lowest BCUT2D eigenvalue weighted by molar-refractivity contribution is 0.458. The van der Waals surface area contributed by atoms with Gasteiger partial charge in [0.25, 0.3) is 5.56 Å². The van der Waals surface area contributed by atoms with Crippen LogP contribution in [-0.4, -0.2) is 25.2 Å². The molecule has 7 nitrogen and oxygen atoms in total. The van der Waals surface area contributed by atoms with Gasteiger partial charge in [0.1, 0.15) is 0 Å². The van der Waals surface area contributed by atoms with E-state index in [-0.39, 0.29) is 17.8 Å². The highest BCUT2D eigenvalue weighted by molar-refractivity contribution is 6.30. The number of hydrogen-bond donors (Lipinski definition) is 0. The summed E-state index contributed by atoms with van der Waals surface area (Å²) >= 11 is 5.99. The van der Waals surface area contributed by atoms with E-state index in [0.29, 0.717) is 34.6 Å². The highest BCUT2D eigenvalue weighted by atomic mass is 35.5. The molecule has 0 amide bonds. The molecule has 0 radical (unpaired) electrons. The van der Waals surface area contributed by atoms with Gasteiger partial charge in [0.15, 0.2) is 11.2 Å². The van der Waals surface area contributed by atoms with Crippen LogP contribution in [0.3, 0.4) is 0 Å². The minimum Gasteiger partial charge on any atom is -0.312 e. The number of fused-ring (bicyclic) bond motifs is 3. The van der Waals surface area contributed by atoms with Crippen molar-refractivity contribution in [3.05, 3.63) is 85.0 Å². The van der Waals surface area contributed by atoms with E-state index in [1.165, 1.54) is 20.3 Å². The summed E-state index contributed by atoms with van der Waals surface area (Å²) < 4.78 is 4.73. The van der Waals surface area contributed by atoms with Crippen molar-refractivity contribution in [2.24, 2.45) is 13.0 Å². The normalized spacial score (nSPS) is 15.8. The predicted molar refractivity (Wildman–Crippen MR) is 132 cm³/mol. The van der Waals surface area contributed by atoms with Crippen molar-refractivity contribution in [1.29, 1.82) is 0 Å². The van der Waals surface area contributed by atoms with E-state index >= 15 is 0 Å². The molecule has 0 spiro atoms. The van der Waals surface area contributed by atoms with Crippen LogP contribution >= 0.6 is 11.6 Å². The summed E-state index contributed by atoms with van der Waals surface area (Å²) in [6.07, 6.45) is 0. The van der Waals surface area contributed by atoms with E-state index in [9.17, 15) is 9.59 Å². The molecular weight excluding hydrogens is 438 g/mol. The molecule has 3 heterocycles. The minimum absolute atomic E-state index is 0.176. The van der Waals surface area contributed by atoms with Crippen LogP contribution in [0.1, 0.15) is 23.6 Å². The molecule has 1 atom stereocenters. The Hall–Kier alpha value is -3.32. The molecule has 1 aliphatic rings. The highest BCUT2D eigenvalue weighted by Gasteiger charge is 2.30. The number of aryl methyl sites for hydroxylation is 3. The van der Waals surface area contributed by atoms with E-state index in [1.807, 2.05) is 16.7 Å². The summed E-state index contributed by atoms with van der Waals surface area (Å²) in [6.45, 7) is 7.95. The van der Waals surface area contributed by atoms with Crippen molar-refractivity contribution in [2.45, 2.75) is 33.9 Å². The summed E-state index contributed by atoms with van der Waals surface area (Å²) in [4.78, 5) is 33.7. The molecule has 8 heteroatoms. The Bertz CT molecular complexity index is 1480. The van der Waals surface area contributed by atoms with Gasteiger partial charge in [0, 0.05) is 30.8 Å². The van der Waals surface area contributed by atoms with Gasteiger partial charge in [-0.05, 0) is 60.7 Å². The second-order valence-corrected chi connectivity index (χ2v) is 9.55. The van der Waals surface area contributed by atoms with Crippen LogP contribution < -0.4 is 16.1 Å².